The minimum absolute atomic E-state index is 0.317. The Morgan fingerprint density at radius 1 is 1.05 bits per heavy atom. The Kier molecular flexibility index (Phi) is 3.85. The van der Waals surface area contributed by atoms with Crippen LogP contribution in [0.3, 0.4) is 0 Å². The fraction of sp³-hybridized carbons (Fsp3) is 0.188. The van der Waals surface area contributed by atoms with Gasteiger partial charge in [-0.1, -0.05) is 36.4 Å². The van der Waals surface area contributed by atoms with E-state index in [1.54, 1.807) is 0 Å². The second-order valence-electron chi connectivity index (χ2n) is 4.48. The van der Waals surface area contributed by atoms with Crippen molar-refractivity contribution < 1.29 is 9.53 Å². The topological polar surface area (TPSA) is 29.5 Å². The molecule has 0 amide bonds. The van der Waals surface area contributed by atoms with Crippen molar-refractivity contribution in [3.63, 3.8) is 0 Å². The molecule has 0 saturated carbocycles. The molecule has 2 aromatic rings. The molecule has 0 atom stereocenters. The van der Waals surface area contributed by atoms with Gasteiger partial charge in [-0.2, -0.15) is 0 Å². The number of methoxy groups -OCH3 is 1. The van der Waals surface area contributed by atoms with Crippen molar-refractivity contribution in [1.82, 2.24) is 0 Å². The number of benzene rings is 2. The van der Waals surface area contributed by atoms with Gasteiger partial charge < -0.3 is 9.64 Å². The van der Waals surface area contributed by atoms with E-state index in [9.17, 15) is 4.79 Å². The summed E-state index contributed by atoms with van der Waals surface area (Å²) in [5.74, 6) is -0.317. The fourth-order valence-electron chi connectivity index (χ4n) is 1.96. The molecular formula is C16H17NO2. The van der Waals surface area contributed by atoms with Crippen LogP contribution in [0.25, 0.3) is 11.1 Å². The molecule has 19 heavy (non-hydrogen) atoms. The standard InChI is InChI=1S/C16H17NO2/c1-17(2)13-9-10-14(12-7-5-4-6-8-12)15(11-13)16(18)19-3/h4-11H,1-3H3. The van der Waals surface area contributed by atoms with Crippen LogP contribution >= 0.6 is 0 Å². The highest BCUT2D eigenvalue weighted by Gasteiger charge is 2.14. The normalized spacial score (nSPS) is 10.1. The molecular weight excluding hydrogens is 238 g/mol. The summed E-state index contributed by atoms with van der Waals surface area (Å²) in [6.45, 7) is 0. The summed E-state index contributed by atoms with van der Waals surface area (Å²) in [6, 6.07) is 15.6. The lowest BCUT2D eigenvalue weighted by Crippen LogP contribution is -2.11. The van der Waals surface area contributed by atoms with E-state index in [1.165, 1.54) is 7.11 Å². The SMILES string of the molecule is COC(=O)c1cc(N(C)C)ccc1-c1ccccc1. The van der Waals surface area contributed by atoms with Gasteiger partial charge in [0.25, 0.3) is 0 Å². The van der Waals surface area contributed by atoms with Gasteiger partial charge >= 0.3 is 5.97 Å². The van der Waals surface area contributed by atoms with Crippen LogP contribution < -0.4 is 4.90 Å². The number of ether oxygens (including phenoxy) is 1. The molecule has 3 heteroatoms. The van der Waals surface area contributed by atoms with Gasteiger partial charge in [-0.15, -0.1) is 0 Å². The zero-order chi connectivity index (χ0) is 13.8. The van der Waals surface area contributed by atoms with Crippen LogP contribution in [0.4, 0.5) is 5.69 Å². The van der Waals surface area contributed by atoms with E-state index in [2.05, 4.69) is 0 Å². The molecule has 0 aliphatic heterocycles. The number of carbonyl (C=O) groups excluding carboxylic acids is 1. The molecule has 0 heterocycles. The molecule has 0 spiro atoms. The molecule has 2 aromatic carbocycles. The summed E-state index contributed by atoms with van der Waals surface area (Å²) in [6.07, 6.45) is 0. The van der Waals surface area contributed by atoms with Gasteiger partial charge in [-0.3, -0.25) is 0 Å². The molecule has 0 bridgehead atoms. The van der Waals surface area contributed by atoms with E-state index in [1.807, 2.05) is 67.5 Å². The Morgan fingerprint density at radius 3 is 2.32 bits per heavy atom. The average molecular weight is 255 g/mol. The third-order valence-electron chi connectivity index (χ3n) is 3.01. The van der Waals surface area contributed by atoms with E-state index >= 15 is 0 Å². The summed E-state index contributed by atoms with van der Waals surface area (Å²) in [7, 11) is 5.29. The van der Waals surface area contributed by atoms with Gasteiger partial charge in [0.2, 0.25) is 0 Å². The number of hydrogen-bond acceptors (Lipinski definition) is 3. The minimum atomic E-state index is -0.317. The zero-order valence-electron chi connectivity index (χ0n) is 11.4. The maximum atomic E-state index is 11.9. The fourth-order valence-corrected chi connectivity index (χ4v) is 1.96. The smallest absolute Gasteiger partial charge is 0.338 e. The largest absolute Gasteiger partial charge is 0.465 e. The lowest BCUT2D eigenvalue weighted by atomic mass is 9.99. The second-order valence-corrected chi connectivity index (χ2v) is 4.48. The molecule has 0 fully saturated rings. The first-order valence-corrected chi connectivity index (χ1v) is 6.08. The van der Waals surface area contributed by atoms with E-state index < -0.39 is 0 Å². The van der Waals surface area contributed by atoms with Crippen molar-refractivity contribution in [3.05, 3.63) is 54.1 Å². The summed E-state index contributed by atoms with van der Waals surface area (Å²) < 4.78 is 4.88. The summed E-state index contributed by atoms with van der Waals surface area (Å²) >= 11 is 0. The molecule has 2 rings (SSSR count). The monoisotopic (exact) mass is 255 g/mol. The minimum Gasteiger partial charge on any atom is -0.465 e. The molecule has 0 aliphatic rings. The van der Waals surface area contributed by atoms with E-state index in [0.29, 0.717) is 5.56 Å². The van der Waals surface area contributed by atoms with Crippen LogP contribution in [0.5, 0.6) is 0 Å². The number of nitrogens with zero attached hydrogens (tertiary/aromatic N) is 1. The maximum absolute atomic E-state index is 11.9. The Morgan fingerprint density at radius 2 is 1.74 bits per heavy atom. The van der Waals surface area contributed by atoms with Crippen LogP contribution in [-0.2, 0) is 4.74 Å². The molecule has 98 valence electrons. The lowest BCUT2D eigenvalue weighted by Gasteiger charge is -2.16. The molecule has 0 unspecified atom stereocenters. The molecule has 0 radical (unpaired) electrons. The highest BCUT2D eigenvalue weighted by molar-refractivity contribution is 5.98. The van der Waals surface area contributed by atoms with Crippen LogP contribution in [0.15, 0.2) is 48.5 Å². The highest BCUT2D eigenvalue weighted by atomic mass is 16.5. The van der Waals surface area contributed by atoms with E-state index in [0.717, 1.165) is 16.8 Å². The van der Waals surface area contributed by atoms with Gasteiger partial charge in [0.05, 0.1) is 12.7 Å². The van der Waals surface area contributed by atoms with Crippen molar-refractivity contribution in [2.75, 3.05) is 26.1 Å². The Bertz CT molecular complexity index is 577. The molecule has 3 nitrogen and oxygen atoms in total. The third-order valence-corrected chi connectivity index (χ3v) is 3.01. The Labute approximate surface area is 113 Å². The first kappa shape index (κ1) is 13.1. The van der Waals surface area contributed by atoms with Gasteiger partial charge in [0.15, 0.2) is 0 Å². The number of carbonyl (C=O) groups is 1. The first-order chi connectivity index (χ1) is 9.13. The van der Waals surface area contributed by atoms with Gasteiger partial charge in [-0.25, -0.2) is 4.79 Å². The third kappa shape index (κ3) is 2.76. The first-order valence-electron chi connectivity index (χ1n) is 6.08. The summed E-state index contributed by atoms with van der Waals surface area (Å²) in [5, 5.41) is 0. The zero-order valence-corrected chi connectivity index (χ0v) is 11.4. The number of rotatable bonds is 3. The quantitative estimate of drug-likeness (QED) is 0.789. The van der Waals surface area contributed by atoms with Gasteiger partial charge in [0, 0.05) is 19.8 Å². The predicted octanol–water partition coefficient (Wildman–Crippen LogP) is 3.21. The van der Waals surface area contributed by atoms with Gasteiger partial charge in [-0.05, 0) is 23.3 Å². The Hall–Kier alpha value is -2.29. The van der Waals surface area contributed by atoms with Crippen molar-refractivity contribution >= 4 is 11.7 Å². The van der Waals surface area contributed by atoms with Gasteiger partial charge in [0.1, 0.15) is 0 Å². The second kappa shape index (κ2) is 5.57. The average Bonchev–Trinajstić information content (AvgIpc) is 2.46. The van der Waals surface area contributed by atoms with Crippen LogP contribution in [-0.4, -0.2) is 27.2 Å². The van der Waals surface area contributed by atoms with Crippen molar-refractivity contribution in [2.24, 2.45) is 0 Å². The van der Waals surface area contributed by atoms with Crippen LogP contribution in [0.1, 0.15) is 10.4 Å². The van der Waals surface area contributed by atoms with E-state index in [-0.39, 0.29) is 5.97 Å². The predicted molar refractivity (Wildman–Crippen MR) is 77.5 cm³/mol. The highest BCUT2D eigenvalue weighted by Crippen LogP contribution is 2.27. The lowest BCUT2D eigenvalue weighted by molar-refractivity contribution is 0.0601. The van der Waals surface area contributed by atoms with Crippen molar-refractivity contribution in [1.29, 1.82) is 0 Å². The number of esters is 1. The molecule has 0 aliphatic carbocycles. The van der Waals surface area contributed by atoms with E-state index in [4.69, 9.17) is 4.74 Å². The van der Waals surface area contributed by atoms with Crippen LogP contribution in [0.2, 0.25) is 0 Å². The maximum Gasteiger partial charge on any atom is 0.338 e. The molecule has 0 aromatic heterocycles. The summed E-state index contributed by atoms with van der Waals surface area (Å²) in [5.41, 5.74) is 3.45. The summed E-state index contributed by atoms with van der Waals surface area (Å²) in [4.78, 5) is 13.9. The molecule has 0 saturated heterocycles. The van der Waals surface area contributed by atoms with Crippen molar-refractivity contribution in [3.8, 4) is 11.1 Å². The Balaban J connectivity index is 2.57. The number of anilines is 1. The van der Waals surface area contributed by atoms with Crippen molar-refractivity contribution in [2.45, 2.75) is 0 Å². The number of hydrogen-bond donors (Lipinski definition) is 0. The molecule has 0 N–H and O–H groups in total. The van der Waals surface area contributed by atoms with Crippen LogP contribution in [0, 0.1) is 0 Å².